The Morgan fingerprint density at radius 3 is 3.00 bits per heavy atom. The Balaban J connectivity index is 2.78. The lowest BCUT2D eigenvalue weighted by Crippen LogP contribution is -1.96. The summed E-state index contributed by atoms with van der Waals surface area (Å²) in [4.78, 5) is 0. The highest BCUT2D eigenvalue weighted by Gasteiger charge is 1.95. The zero-order valence-electron chi connectivity index (χ0n) is 8.61. The minimum Gasteiger partial charge on any atom is -0.326 e. The van der Waals surface area contributed by atoms with Gasteiger partial charge in [0.05, 0.1) is 12.5 Å². The van der Waals surface area contributed by atoms with Gasteiger partial charge in [-0.15, -0.1) is 0 Å². The van der Waals surface area contributed by atoms with Crippen molar-refractivity contribution in [3.05, 3.63) is 54.1 Å². The third-order valence-corrected chi connectivity index (χ3v) is 2.06. The van der Waals surface area contributed by atoms with Gasteiger partial charge in [0.1, 0.15) is 0 Å². The van der Waals surface area contributed by atoms with Gasteiger partial charge < -0.3 is 5.73 Å². The van der Waals surface area contributed by atoms with E-state index in [2.05, 4.69) is 6.58 Å². The predicted octanol–water partition coefficient (Wildman–Crippen LogP) is 2.63. The van der Waals surface area contributed by atoms with E-state index >= 15 is 0 Å². The molecule has 15 heavy (non-hydrogen) atoms. The summed E-state index contributed by atoms with van der Waals surface area (Å²) >= 11 is 0. The predicted molar refractivity (Wildman–Crippen MR) is 62.7 cm³/mol. The van der Waals surface area contributed by atoms with E-state index in [-0.39, 0.29) is 0 Å². The smallest absolute Gasteiger partial charge is 0.0663 e. The number of nitrogens with zero attached hydrogens (tertiary/aromatic N) is 1. The molecular formula is C13H14N2. The van der Waals surface area contributed by atoms with Crippen molar-refractivity contribution in [3.63, 3.8) is 0 Å². The van der Waals surface area contributed by atoms with E-state index in [4.69, 9.17) is 11.0 Å². The first-order valence-corrected chi connectivity index (χ1v) is 4.79. The van der Waals surface area contributed by atoms with Crippen molar-refractivity contribution in [2.45, 2.75) is 13.0 Å². The van der Waals surface area contributed by atoms with Gasteiger partial charge in [-0.1, -0.05) is 36.9 Å². The zero-order valence-corrected chi connectivity index (χ0v) is 8.61. The number of benzene rings is 1. The van der Waals surface area contributed by atoms with E-state index in [1.165, 1.54) is 0 Å². The summed E-state index contributed by atoms with van der Waals surface area (Å²) in [6, 6.07) is 9.99. The Labute approximate surface area is 90.3 Å². The lowest BCUT2D eigenvalue weighted by atomic mass is 10.0. The fraction of sp³-hybridized carbons (Fsp3) is 0.154. The van der Waals surface area contributed by atoms with E-state index in [0.717, 1.165) is 16.7 Å². The maximum absolute atomic E-state index is 8.38. The van der Waals surface area contributed by atoms with Crippen molar-refractivity contribution in [1.29, 1.82) is 5.26 Å². The van der Waals surface area contributed by atoms with Crippen molar-refractivity contribution in [2.24, 2.45) is 5.73 Å². The topological polar surface area (TPSA) is 49.8 Å². The van der Waals surface area contributed by atoms with Crippen LogP contribution in [0.15, 0.2) is 43.0 Å². The number of nitrogens with two attached hydrogens (primary N) is 1. The molecule has 0 atom stereocenters. The maximum Gasteiger partial charge on any atom is 0.0663 e. The molecule has 0 bridgehead atoms. The van der Waals surface area contributed by atoms with Gasteiger partial charge in [0, 0.05) is 6.54 Å². The van der Waals surface area contributed by atoms with E-state index in [1.54, 1.807) is 6.08 Å². The van der Waals surface area contributed by atoms with Crippen LogP contribution in [0, 0.1) is 11.3 Å². The van der Waals surface area contributed by atoms with Crippen LogP contribution in [0.5, 0.6) is 0 Å². The summed E-state index contributed by atoms with van der Waals surface area (Å²) in [5, 5.41) is 8.38. The second kappa shape index (κ2) is 5.79. The lowest BCUT2D eigenvalue weighted by molar-refractivity contribution is 1.07. The lowest BCUT2D eigenvalue weighted by Gasteiger charge is -2.02. The average Bonchev–Trinajstić information content (AvgIpc) is 2.29. The highest BCUT2D eigenvalue weighted by atomic mass is 14.5. The monoisotopic (exact) mass is 198 g/mol. The summed E-state index contributed by atoms with van der Waals surface area (Å²) in [5.74, 6) is 0. The molecular weight excluding hydrogens is 184 g/mol. The molecule has 0 aliphatic rings. The molecule has 0 aliphatic carbocycles. The number of allylic oxidation sites excluding steroid dienone is 3. The second-order valence-corrected chi connectivity index (χ2v) is 3.19. The standard InChI is InChI=1S/C13H14N2/c1-11(5-2-3-8-14)13-7-4-6-12(9-13)10-15/h2,4-7,9H,1,3,10,15H2/b5-2-. The maximum atomic E-state index is 8.38. The second-order valence-electron chi connectivity index (χ2n) is 3.19. The van der Waals surface area contributed by atoms with Crippen molar-refractivity contribution in [3.8, 4) is 6.07 Å². The number of hydrogen-bond acceptors (Lipinski definition) is 2. The Bertz CT molecular complexity index is 411. The minimum atomic E-state index is 0.412. The summed E-state index contributed by atoms with van der Waals surface area (Å²) in [7, 11) is 0. The van der Waals surface area contributed by atoms with Gasteiger partial charge in [0.25, 0.3) is 0 Å². The molecule has 0 fully saturated rings. The van der Waals surface area contributed by atoms with Gasteiger partial charge in [-0.2, -0.15) is 5.26 Å². The number of nitriles is 1. The van der Waals surface area contributed by atoms with Crippen LogP contribution < -0.4 is 5.73 Å². The molecule has 0 spiro atoms. The highest BCUT2D eigenvalue weighted by Crippen LogP contribution is 2.15. The third kappa shape index (κ3) is 3.41. The molecule has 1 aromatic carbocycles. The molecule has 0 unspecified atom stereocenters. The molecule has 2 heteroatoms. The van der Waals surface area contributed by atoms with Crippen molar-refractivity contribution in [2.75, 3.05) is 0 Å². The molecule has 1 aromatic rings. The fourth-order valence-corrected chi connectivity index (χ4v) is 1.25. The normalized spacial score (nSPS) is 10.1. The molecule has 1 rings (SSSR count). The zero-order chi connectivity index (χ0) is 11.1. The van der Waals surface area contributed by atoms with Crippen LogP contribution in [-0.2, 0) is 6.54 Å². The Morgan fingerprint density at radius 2 is 2.33 bits per heavy atom. The molecule has 0 saturated carbocycles. The first kappa shape index (κ1) is 11.2. The largest absolute Gasteiger partial charge is 0.326 e. The van der Waals surface area contributed by atoms with Crippen LogP contribution in [-0.4, -0.2) is 0 Å². The first-order valence-electron chi connectivity index (χ1n) is 4.79. The Morgan fingerprint density at radius 1 is 1.53 bits per heavy atom. The fourth-order valence-electron chi connectivity index (χ4n) is 1.25. The molecule has 0 aromatic heterocycles. The minimum absolute atomic E-state index is 0.412. The van der Waals surface area contributed by atoms with Gasteiger partial charge in [-0.25, -0.2) is 0 Å². The van der Waals surface area contributed by atoms with Crippen molar-refractivity contribution < 1.29 is 0 Å². The molecule has 76 valence electrons. The summed E-state index contributed by atoms with van der Waals surface area (Å²) < 4.78 is 0. The number of hydrogen-bond donors (Lipinski definition) is 1. The summed E-state index contributed by atoms with van der Waals surface area (Å²) in [5.41, 5.74) is 8.59. The van der Waals surface area contributed by atoms with E-state index in [0.29, 0.717) is 13.0 Å². The van der Waals surface area contributed by atoms with Crippen LogP contribution in [0.25, 0.3) is 5.57 Å². The summed E-state index contributed by atoms with van der Waals surface area (Å²) in [6.45, 7) is 4.47. The first-order chi connectivity index (χ1) is 7.27. The van der Waals surface area contributed by atoms with Crippen LogP contribution >= 0.6 is 0 Å². The van der Waals surface area contributed by atoms with E-state index in [1.807, 2.05) is 36.4 Å². The van der Waals surface area contributed by atoms with Crippen molar-refractivity contribution >= 4 is 5.57 Å². The molecule has 0 aliphatic heterocycles. The van der Waals surface area contributed by atoms with Gasteiger partial charge in [-0.3, -0.25) is 0 Å². The molecule has 0 radical (unpaired) electrons. The molecule has 0 amide bonds. The number of rotatable bonds is 4. The van der Waals surface area contributed by atoms with Gasteiger partial charge in [-0.05, 0) is 22.8 Å². The van der Waals surface area contributed by atoms with Crippen LogP contribution in [0.1, 0.15) is 17.5 Å². The van der Waals surface area contributed by atoms with Gasteiger partial charge >= 0.3 is 0 Å². The SMILES string of the molecule is C=C(/C=C\CC#N)c1cccc(CN)c1. The van der Waals surface area contributed by atoms with E-state index < -0.39 is 0 Å². The van der Waals surface area contributed by atoms with E-state index in [9.17, 15) is 0 Å². The van der Waals surface area contributed by atoms with Crippen LogP contribution in [0.2, 0.25) is 0 Å². The van der Waals surface area contributed by atoms with Crippen LogP contribution in [0.3, 0.4) is 0 Å². The third-order valence-electron chi connectivity index (χ3n) is 2.06. The molecule has 0 saturated heterocycles. The quantitative estimate of drug-likeness (QED) is 0.756. The van der Waals surface area contributed by atoms with Gasteiger partial charge in [0.2, 0.25) is 0 Å². The van der Waals surface area contributed by atoms with Crippen LogP contribution in [0.4, 0.5) is 0 Å². The molecule has 2 N–H and O–H groups in total. The molecule has 2 nitrogen and oxygen atoms in total. The molecule has 0 heterocycles. The average molecular weight is 198 g/mol. The Hall–Kier alpha value is -1.85. The highest BCUT2D eigenvalue weighted by molar-refractivity contribution is 5.72. The van der Waals surface area contributed by atoms with Gasteiger partial charge in [0.15, 0.2) is 0 Å². The van der Waals surface area contributed by atoms with Crippen molar-refractivity contribution in [1.82, 2.24) is 0 Å². The summed E-state index contributed by atoms with van der Waals surface area (Å²) in [6.07, 6.45) is 4.08. The Kier molecular flexibility index (Phi) is 4.33.